The van der Waals surface area contributed by atoms with Crippen LogP contribution in [0, 0.1) is 0 Å². The molecule has 1 amide bonds. The van der Waals surface area contributed by atoms with E-state index in [4.69, 9.17) is 4.74 Å². The molecule has 0 aliphatic heterocycles. The normalized spacial score (nSPS) is 11.4. The van der Waals surface area contributed by atoms with Crippen LogP contribution in [-0.2, 0) is 11.2 Å². The van der Waals surface area contributed by atoms with E-state index in [9.17, 15) is 9.59 Å². The van der Waals surface area contributed by atoms with Gasteiger partial charge in [0.1, 0.15) is 6.33 Å². The monoisotopic (exact) mass is 409 g/mol. The minimum atomic E-state index is -0.463. The number of fused-ring (bicyclic) bond motifs is 3. The first kappa shape index (κ1) is 21.8. The lowest BCUT2D eigenvalue weighted by atomic mass is 9.97. The van der Waals surface area contributed by atoms with Gasteiger partial charge in [0.15, 0.2) is 5.69 Å². The van der Waals surface area contributed by atoms with Crippen molar-refractivity contribution < 1.29 is 14.3 Å². The van der Waals surface area contributed by atoms with Gasteiger partial charge in [-0.3, -0.25) is 9.20 Å². The second-order valence-electron chi connectivity index (χ2n) is 7.78. The maximum atomic E-state index is 13.7. The summed E-state index contributed by atoms with van der Waals surface area (Å²) in [5, 5.41) is 0.880. The summed E-state index contributed by atoms with van der Waals surface area (Å²) in [6.07, 6.45) is 3.80. The van der Waals surface area contributed by atoms with Gasteiger partial charge in [0.25, 0.3) is 5.91 Å². The van der Waals surface area contributed by atoms with Gasteiger partial charge in [-0.25, -0.2) is 9.78 Å². The number of amides is 1. The van der Waals surface area contributed by atoms with Crippen LogP contribution in [-0.4, -0.2) is 45.4 Å². The van der Waals surface area contributed by atoms with E-state index >= 15 is 0 Å². The molecule has 0 aliphatic rings. The average molecular weight is 410 g/mol. The van der Waals surface area contributed by atoms with Crippen LogP contribution >= 0.6 is 0 Å². The summed E-state index contributed by atoms with van der Waals surface area (Å²) >= 11 is 0. The number of nitrogens with zero attached hydrogens (tertiary/aromatic N) is 3. The predicted molar refractivity (Wildman–Crippen MR) is 119 cm³/mol. The number of hydrogen-bond donors (Lipinski definition) is 0. The number of esters is 1. The number of benzene rings is 1. The first-order valence-electron chi connectivity index (χ1n) is 10.8. The van der Waals surface area contributed by atoms with Gasteiger partial charge in [-0.2, -0.15) is 0 Å². The Kier molecular flexibility index (Phi) is 6.75. The molecule has 2 aromatic heterocycles. The fraction of sp³-hybridized carbons (Fsp3) is 0.458. The van der Waals surface area contributed by atoms with E-state index < -0.39 is 5.97 Å². The predicted octanol–water partition coefficient (Wildman–Crippen LogP) is 4.88. The van der Waals surface area contributed by atoms with Gasteiger partial charge in [0.2, 0.25) is 0 Å². The second-order valence-corrected chi connectivity index (χ2v) is 7.78. The quantitative estimate of drug-likeness (QED) is 0.498. The molecule has 0 spiro atoms. The van der Waals surface area contributed by atoms with Crippen molar-refractivity contribution in [2.45, 2.75) is 60.0 Å². The molecule has 0 N–H and O–H groups in total. The first-order valence-corrected chi connectivity index (χ1v) is 10.8. The summed E-state index contributed by atoms with van der Waals surface area (Å²) in [6.45, 7) is 11.2. The lowest BCUT2D eigenvalue weighted by molar-refractivity contribution is 0.0373. The number of para-hydroxylation sites is 1. The highest BCUT2D eigenvalue weighted by atomic mass is 16.5. The molecular formula is C24H31N3O3. The maximum absolute atomic E-state index is 13.7. The van der Waals surface area contributed by atoms with E-state index in [-0.39, 0.29) is 17.7 Å². The number of imidazole rings is 1. The Morgan fingerprint density at radius 3 is 2.37 bits per heavy atom. The summed E-state index contributed by atoms with van der Waals surface area (Å²) < 4.78 is 7.34. The fourth-order valence-electron chi connectivity index (χ4n) is 4.02. The Hall–Kier alpha value is -2.89. The first-order chi connectivity index (χ1) is 14.4. The van der Waals surface area contributed by atoms with Crippen molar-refractivity contribution in [3.63, 3.8) is 0 Å². The van der Waals surface area contributed by atoms with Gasteiger partial charge in [-0.15, -0.1) is 0 Å². The summed E-state index contributed by atoms with van der Waals surface area (Å²) in [5.41, 5.74) is 3.29. The number of hydrogen-bond acceptors (Lipinski definition) is 4. The number of aromatic nitrogens is 2. The third kappa shape index (κ3) is 3.91. The Labute approximate surface area is 177 Å². The third-order valence-corrected chi connectivity index (χ3v) is 5.17. The largest absolute Gasteiger partial charge is 0.458 e. The van der Waals surface area contributed by atoms with Crippen molar-refractivity contribution in [2.24, 2.45) is 0 Å². The summed E-state index contributed by atoms with van der Waals surface area (Å²) in [6, 6.07) is 7.81. The van der Waals surface area contributed by atoms with E-state index in [0.717, 1.165) is 29.3 Å². The minimum absolute atomic E-state index is 0.0126. The van der Waals surface area contributed by atoms with Gasteiger partial charge in [0.05, 0.1) is 22.7 Å². The zero-order chi connectivity index (χ0) is 21.8. The molecular weight excluding hydrogens is 378 g/mol. The van der Waals surface area contributed by atoms with Crippen molar-refractivity contribution in [2.75, 3.05) is 13.1 Å². The van der Waals surface area contributed by atoms with E-state index in [0.29, 0.717) is 30.6 Å². The van der Waals surface area contributed by atoms with Crippen LogP contribution in [0.15, 0.2) is 30.6 Å². The molecule has 1 aromatic carbocycles. The maximum Gasteiger partial charge on any atom is 0.359 e. The lowest BCUT2D eigenvalue weighted by Gasteiger charge is -2.24. The van der Waals surface area contributed by atoms with E-state index in [2.05, 4.69) is 18.8 Å². The topological polar surface area (TPSA) is 63.9 Å². The molecule has 0 unspecified atom stereocenters. The molecule has 30 heavy (non-hydrogen) atoms. The molecule has 2 heterocycles. The number of ether oxygens (including phenoxy) is 1. The Bertz CT molecular complexity index is 1060. The molecule has 0 bridgehead atoms. The molecule has 6 nitrogen and oxygen atoms in total. The van der Waals surface area contributed by atoms with Crippen LogP contribution < -0.4 is 0 Å². The van der Waals surface area contributed by atoms with Gasteiger partial charge in [0, 0.05) is 18.5 Å². The SMILES string of the molecule is CCCN(CCC)C(=O)c1c(CC)c2c(C(=O)OC(C)C)ncn2c2ccccc12. The molecule has 160 valence electrons. The van der Waals surface area contributed by atoms with E-state index in [1.165, 1.54) is 0 Å². The molecule has 0 saturated carbocycles. The van der Waals surface area contributed by atoms with E-state index in [1.54, 1.807) is 6.33 Å². The fourth-order valence-corrected chi connectivity index (χ4v) is 4.02. The number of rotatable bonds is 8. The number of carbonyl (C=O) groups is 2. The van der Waals surface area contributed by atoms with Crippen LogP contribution in [0.3, 0.4) is 0 Å². The van der Waals surface area contributed by atoms with Crippen molar-refractivity contribution in [3.8, 4) is 0 Å². The highest BCUT2D eigenvalue weighted by Crippen LogP contribution is 2.31. The molecule has 6 heteroatoms. The van der Waals surface area contributed by atoms with Crippen LogP contribution in [0.1, 0.15) is 73.9 Å². The molecule has 0 radical (unpaired) electrons. The number of aryl methyl sites for hydroxylation is 1. The zero-order valence-electron chi connectivity index (χ0n) is 18.6. The van der Waals surface area contributed by atoms with Crippen molar-refractivity contribution >= 4 is 28.3 Å². The van der Waals surface area contributed by atoms with Crippen molar-refractivity contribution in [3.05, 3.63) is 47.4 Å². The summed E-state index contributed by atoms with van der Waals surface area (Å²) in [5.74, 6) is -0.450. The van der Waals surface area contributed by atoms with Crippen LogP contribution in [0.2, 0.25) is 0 Å². The molecule has 0 atom stereocenters. The third-order valence-electron chi connectivity index (χ3n) is 5.17. The number of carbonyl (C=O) groups excluding carboxylic acids is 2. The average Bonchev–Trinajstić information content (AvgIpc) is 3.17. The van der Waals surface area contributed by atoms with Gasteiger partial charge >= 0.3 is 5.97 Å². The molecule has 0 saturated heterocycles. The van der Waals surface area contributed by atoms with Crippen LogP contribution in [0.4, 0.5) is 0 Å². The Balaban J connectivity index is 2.34. The molecule has 0 aliphatic carbocycles. The van der Waals surface area contributed by atoms with Gasteiger partial charge < -0.3 is 9.64 Å². The second kappa shape index (κ2) is 9.28. The van der Waals surface area contributed by atoms with Crippen molar-refractivity contribution in [1.29, 1.82) is 0 Å². The standard InChI is InChI=1S/C24H31N3O3/c1-6-13-26(14-7-2)23(28)20-17(8-3)22-21(24(29)30-16(4)5)25-15-27(22)19-12-10-9-11-18(19)20/h9-12,15-16H,6-8,13-14H2,1-5H3. The molecule has 3 aromatic rings. The highest BCUT2D eigenvalue weighted by molar-refractivity contribution is 6.11. The van der Waals surface area contributed by atoms with Crippen LogP contribution in [0.5, 0.6) is 0 Å². The molecule has 3 rings (SSSR count). The van der Waals surface area contributed by atoms with Gasteiger partial charge in [-0.1, -0.05) is 39.0 Å². The van der Waals surface area contributed by atoms with Crippen molar-refractivity contribution in [1.82, 2.24) is 14.3 Å². The Morgan fingerprint density at radius 1 is 1.10 bits per heavy atom. The molecule has 0 fully saturated rings. The summed E-state index contributed by atoms with van der Waals surface area (Å²) in [4.78, 5) is 32.8. The Morgan fingerprint density at radius 2 is 1.77 bits per heavy atom. The minimum Gasteiger partial charge on any atom is -0.458 e. The highest BCUT2D eigenvalue weighted by Gasteiger charge is 2.27. The summed E-state index contributed by atoms with van der Waals surface area (Å²) in [7, 11) is 0. The lowest BCUT2D eigenvalue weighted by Crippen LogP contribution is -2.33. The van der Waals surface area contributed by atoms with Gasteiger partial charge in [-0.05, 0) is 44.7 Å². The smallest absolute Gasteiger partial charge is 0.359 e. The zero-order valence-corrected chi connectivity index (χ0v) is 18.6. The van der Waals surface area contributed by atoms with E-state index in [1.807, 2.05) is 54.3 Å². The number of pyridine rings is 1. The van der Waals surface area contributed by atoms with Crippen LogP contribution in [0.25, 0.3) is 16.4 Å².